The van der Waals surface area contributed by atoms with Crippen molar-refractivity contribution in [1.29, 1.82) is 0 Å². The van der Waals surface area contributed by atoms with Crippen LogP contribution in [0.2, 0.25) is 0 Å². The Bertz CT molecular complexity index is 810. The van der Waals surface area contributed by atoms with Crippen LogP contribution in [0.5, 0.6) is 11.8 Å². The molecular formula is C13H18N6O4S. The Morgan fingerprint density at radius 1 is 1.25 bits per heavy atom. The van der Waals surface area contributed by atoms with Crippen LogP contribution in [0.3, 0.4) is 0 Å². The van der Waals surface area contributed by atoms with Crippen LogP contribution in [0.1, 0.15) is 12.6 Å². The minimum atomic E-state index is -3.58. The molecule has 0 saturated heterocycles. The second-order valence-corrected chi connectivity index (χ2v) is 6.29. The first-order valence-electron chi connectivity index (χ1n) is 6.92. The van der Waals surface area contributed by atoms with Gasteiger partial charge < -0.3 is 25.7 Å². The van der Waals surface area contributed by atoms with Gasteiger partial charge in [0.05, 0.1) is 31.3 Å². The molecule has 0 spiro atoms. The van der Waals surface area contributed by atoms with Crippen LogP contribution in [0.4, 0.5) is 17.3 Å². The van der Waals surface area contributed by atoms with E-state index < -0.39 is 10.1 Å². The van der Waals surface area contributed by atoms with Gasteiger partial charge in [-0.1, -0.05) is 0 Å². The number of nitrogens with two attached hydrogens (primary N) is 2. The lowest BCUT2D eigenvalue weighted by Crippen LogP contribution is -2.11. The summed E-state index contributed by atoms with van der Waals surface area (Å²) in [6.45, 7) is 2.48. The molecular weight excluding hydrogens is 336 g/mol. The van der Waals surface area contributed by atoms with Gasteiger partial charge in [0.15, 0.2) is 17.4 Å². The Hall–Kier alpha value is -2.82. The molecule has 130 valence electrons. The van der Waals surface area contributed by atoms with Gasteiger partial charge in [-0.3, -0.25) is 4.98 Å². The molecule has 2 aromatic rings. The molecule has 0 atom stereocenters. The summed E-state index contributed by atoms with van der Waals surface area (Å²) in [6.07, 6.45) is 2.27. The quantitative estimate of drug-likeness (QED) is 0.594. The minimum absolute atomic E-state index is 0.112. The highest BCUT2D eigenvalue weighted by molar-refractivity contribution is 7.86. The summed E-state index contributed by atoms with van der Waals surface area (Å²) in [7, 11) is -3.58. The van der Waals surface area contributed by atoms with Gasteiger partial charge in [0.2, 0.25) is 0 Å². The normalized spacial score (nSPS) is 11.1. The molecule has 0 radical (unpaired) electrons. The molecule has 5 N–H and O–H groups in total. The number of nitrogen functional groups attached to an aromatic ring is 2. The van der Waals surface area contributed by atoms with Gasteiger partial charge in [-0.15, -0.1) is 0 Å². The monoisotopic (exact) mass is 354 g/mol. The van der Waals surface area contributed by atoms with Crippen molar-refractivity contribution in [3.8, 4) is 11.8 Å². The van der Waals surface area contributed by atoms with Gasteiger partial charge in [0.25, 0.3) is 0 Å². The molecule has 0 amide bonds. The first-order valence-corrected chi connectivity index (χ1v) is 8.74. The molecule has 0 aliphatic rings. The van der Waals surface area contributed by atoms with Gasteiger partial charge in [-0.05, 0) is 19.1 Å². The maximum atomic E-state index is 11.0. The van der Waals surface area contributed by atoms with Crippen molar-refractivity contribution in [1.82, 2.24) is 15.0 Å². The van der Waals surface area contributed by atoms with E-state index in [1.54, 1.807) is 13.0 Å². The number of pyridine rings is 1. The summed E-state index contributed by atoms with van der Waals surface area (Å²) in [4.78, 5) is 12.1. The molecule has 11 heteroatoms. The lowest BCUT2D eigenvalue weighted by atomic mass is 10.3. The van der Waals surface area contributed by atoms with E-state index in [0.717, 1.165) is 6.26 Å². The number of hydrogen-bond acceptors (Lipinski definition) is 10. The molecule has 24 heavy (non-hydrogen) atoms. The maximum Gasteiger partial charge on any atom is 0.320 e. The lowest BCUT2D eigenvalue weighted by molar-refractivity contribution is 0.313. The first kappa shape index (κ1) is 17.5. The molecule has 0 saturated carbocycles. The van der Waals surface area contributed by atoms with E-state index in [9.17, 15) is 8.42 Å². The number of nitrogens with zero attached hydrogens (tertiary/aromatic N) is 3. The van der Waals surface area contributed by atoms with Crippen LogP contribution < -0.4 is 25.7 Å². The van der Waals surface area contributed by atoms with Crippen molar-refractivity contribution in [2.24, 2.45) is 0 Å². The van der Waals surface area contributed by atoms with E-state index in [1.807, 2.05) is 0 Å². The second-order valence-electron chi connectivity index (χ2n) is 4.71. The average molecular weight is 354 g/mol. The molecule has 0 aromatic carbocycles. The van der Waals surface area contributed by atoms with E-state index in [1.165, 1.54) is 12.3 Å². The Kier molecular flexibility index (Phi) is 5.24. The van der Waals surface area contributed by atoms with Crippen molar-refractivity contribution >= 4 is 27.4 Å². The van der Waals surface area contributed by atoms with Gasteiger partial charge in [0, 0.05) is 0 Å². The topological polar surface area (TPSA) is 155 Å². The lowest BCUT2D eigenvalue weighted by Gasteiger charge is -2.11. The third kappa shape index (κ3) is 4.84. The molecule has 0 fully saturated rings. The van der Waals surface area contributed by atoms with E-state index in [-0.39, 0.29) is 29.8 Å². The van der Waals surface area contributed by atoms with E-state index in [4.69, 9.17) is 20.4 Å². The Morgan fingerprint density at radius 2 is 2.00 bits per heavy atom. The number of hydrogen-bond donors (Lipinski definition) is 3. The fraction of sp³-hybridized carbons (Fsp3) is 0.308. The van der Waals surface area contributed by atoms with Crippen molar-refractivity contribution in [3.63, 3.8) is 0 Å². The summed E-state index contributed by atoms with van der Waals surface area (Å²) in [6, 6.07) is 3.23. The smallest absolute Gasteiger partial charge is 0.320 e. The molecule has 0 unspecified atom stereocenters. The second kappa shape index (κ2) is 7.17. The summed E-state index contributed by atoms with van der Waals surface area (Å²) >= 11 is 0. The van der Waals surface area contributed by atoms with Crippen LogP contribution in [-0.4, -0.2) is 36.2 Å². The van der Waals surface area contributed by atoms with Crippen molar-refractivity contribution in [2.75, 3.05) is 29.6 Å². The summed E-state index contributed by atoms with van der Waals surface area (Å²) in [5, 5.41) is 2.98. The van der Waals surface area contributed by atoms with Gasteiger partial charge >= 0.3 is 16.1 Å². The standard InChI is InChI=1S/C13H18N6O4S/c1-3-22-13-18-11(15)10(14)12(19-13)17-6-8-4-5-9(7-16-8)23-24(2,20)21/h4-5,7H,3,6,14H2,1-2H3,(H3,15,17,18,19). The Morgan fingerprint density at radius 3 is 2.58 bits per heavy atom. The van der Waals surface area contributed by atoms with E-state index in [2.05, 4.69) is 20.3 Å². The zero-order chi connectivity index (χ0) is 17.7. The fourth-order valence-electron chi connectivity index (χ4n) is 1.71. The molecule has 2 aromatic heterocycles. The van der Waals surface area contributed by atoms with E-state index in [0.29, 0.717) is 18.1 Å². The van der Waals surface area contributed by atoms with Gasteiger partial charge in [-0.2, -0.15) is 18.4 Å². The zero-order valence-corrected chi connectivity index (χ0v) is 14.0. The minimum Gasteiger partial charge on any atom is -0.464 e. The maximum absolute atomic E-state index is 11.0. The highest BCUT2D eigenvalue weighted by Crippen LogP contribution is 2.24. The third-order valence-electron chi connectivity index (χ3n) is 2.71. The number of anilines is 3. The largest absolute Gasteiger partial charge is 0.464 e. The van der Waals surface area contributed by atoms with Crippen LogP contribution in [0, 0.1) is 0 Å². The summed E-state index contributed by atoms with van der Waals surface area (Å²) in [5.74, 6) is 0.565. The van der Waals surface area contributed by atoms with Crippen molar-refractivity contribution in [3.05, 3.63) is 24.0 Å². The predicted molar refractivity (Wildman–Crippen MR) is 89.1 cm³/mol. The van der Waals surface area contributed by atoms with Gasteiger partial charge in [0.1, 0.15) is 5.69 Å². The number of rotatable bonds is 7. The predicted octanol–water partition coefficient (Wildman–Crippen LogP) is 0.385. The average Bonchev–Trinajstić information content (AvgIpc) is 2.49. The van der Waals surface area contributed by atoms with E-state index >= 15 is 0 Å². The molecule has 0 aliphatic carbocycles. The molecule has 10 nitrogen and oxygen atoms in total. The Balaban J connectivity index is 2.08. The highest BCUT2D eigenvalue weighted by atomic mass is 32.2. The third-order valence-corrected chi connectivity index (χ3v) is 3.21. The molecule has 2 rings (SSSR count). The fourth-order valence-corrected chi connectivity index (χ4v) is 2.16. The van der Waals surface area contributed by atoms with Gasteiger partial charge in [-0.25, -0.2) is 0 Å². The first-order chi connectivity index (χ1) is 11.3. The molecule has 0 aliphatic heterocycles. The summed E-state index contributed by atoms with van der Waals surface area (Å²) in [5.41, 5.74) is 12.4. The van der Waals surface area contributed by atoms with Crippen LogP contribution in [0.25, 0.3) is 0 Å². The van der Waals surface area contributed by atoms with Crippen LogP contribution in [0.15, 0.2) is 18.3 Å². The van der Waals surface area contributed by atoms with Crippen molar-refractivity contribution in [2.45, 2.75) is 13.5 Å². The number of ether oxygens (including phenoxy) is 1. The molecule has 2 heterocycles. The highest BCUT2D eigenvalue weighted by Gasteiger charge is 2.11. The molecule has 0 bridgehead atoms. The van der Waals surface area contributed by atoms with Crippen LogP contribution >= 0.6 is 0 Å². The zero-order valence-electron chi connectivity index (χ0n) is 13.2. The summed E-state index contributed by atoms with van der Waals surface area (Å²) < 4.78 is 32.0. The Labute approximate surface area is 139 Å². The number of aromatic nitrogens is 3. The number of nitrogens with one attached hydrogen (secondary N) is 1. The SMILES string of the molecule is CCOc1nc(N)c(N)c(NCc2ccc(OS(C)(=O)=O)cn2)n1. The van der Waals surface area contributed by atoms with Crippen molar-refractivity contribution < 1.29 is 17.3 Å². The van der Waals surface area contributed by atoms with Crippen LogP contribution in [-0.2, 0) is 16.7 Å².